The van der Waals surface area contributed by atoms with Crippen LogP contribution in [0.15, 0.2) is 24.5 Å². The van der Waals surface area contributed by atoms with Crippen LogP contribution in [-0.4, -0.2) is 33.5 Å². The van der Waals surface area contributed by atoms with E-state index < -0.39 is 5.91 Å². The summed E-state index contributed by atoms with van der Waals surface area (Å²) in [6, 6.07) is 5.41. The molecule has 0 aromatic carbocycles. The summed E-state index contributed by atoms with van der Waals surface area (Å²) in [5.41, 5.74) is 7.20. The lowest BCUT2D eigenvalue weighted by Crippen LogP contribution is -2.48. The normalized spacial score (nSPS) is 20.0. The zero-order chi connectivity index (χ0) is 17.8. The maximum atomic E-state index is 11.8. The topological polar surface area (TPSA) is 125 Å². The highest BCUT2D eigenvalue weighted by Gasteiger charge is 2.28. The third-order valence-corrected chi connectivity index (χ3v) is 4.51. The third kappa shape index (κ3) is 3.55. The molecule has 2 atom stereocenters. The lowest BCUT2D eigenvalue weighted by molar-refractivity contribution is -0.121. The lowest BCUT2D eigenvalue weighted by Gasteiger charge is -2.33. The van der Waals surface area contributed by atoms with E-state index in [2.05, 4.69) is 15.7 Å². The van der Waals surface area contributed by atoms with Crippen LogP contribution in [0.4, 0.5) is 5.69 Å². The van der Waals surface area contributed by atoms with Crippen LogP contribution in [0.3, 0.4) is 0 Å². The Morgan fingerprint density at radius 1 is 1.36 bits per heavy atom. The van der Waals surface area contributed by atoms with Crippen LogP contribution < -0.4 is 16.4 Å². The van der Waals surface area contributed by atoms with E-state index in [-0.39, 0.29) is 24.4 Å². The second kappa shape index (κ2) is 7.21. The van der Waals surface area contributed by atoms with Gasteiger partial charge in [-0.2, -0.15) is 10.4 Å². The number of primary amides is 1. The van der Waals surface area contributed by atoms with Gasteiger partial charge in [0.05, 0.1) is 29.0 Å². The highest BCUT2D eigenvalue weighted by atomic mass is 16.2. The molecule has 0 aliphatic heterocycles. The van der Waals surface area contributed by atoms with Crippen LogP contribution in [-0.2, 0) is 4.79 Å². The quantitative estimate of drug-likeness (QED) is 0.754. The fourth-order valence-corrected chi connectivity index (χ4v) is 3.32. The fraction of sp³-hybridized carbons (Fsp3) is 0.412. The van der Waals surface area contributed by atoms with Gasteiger partial charge >= 0.3 is 0 Å². The zero-order valence-electron chi connectivity index (χ0n) is 13.7. The van der Waals surface area contributed by atoms with Crippen LogP contribution in [0.1, 0.15) is 42.5 Å². The number of hydrogen-bond acceptors (Lipinski definition) is 5. The molecule has 25 heavy (non-hydrogen) atoms. The first-order chi connectivity index (χ1) is 12.1. The summed E-state index contributed by atoms with van der Waals surface area (Å²) >= 11 is 0. The molecule has 8 nitrogen and oxygen atoms in total. The lowest BCUT2D eigenvalue weighted by atomic mass is 9.89. The van der Waals surface area contributed by atoms with Gasteiger partial charge in [0, 0.05) is 18.3 Å². The summed E-state index contributed by atoms with van der Waals surface area (Å²) in [6.07, 6.45) is 6.79. The molecule has 0 bridgehead atoms. The molecule has 1 aliphatic rings. The predicted molar refractivity (Wildman–Crippen MR) is 91.7 cm³/mol. The van der Waals surface area contributed by atoms with Crippen molar-refractivity contribution in [2.24, 2.45) is 5.73 Å². The number of fused-ring (bicyclic) bond motifs is 1. The number of carbonyl (C=O) groups is 2. The maximum absolute atomic E-state index is 11.8. The summed E-state index contributed by atoms with van der Waals surface area (Å²) < 4.78 is 1.67. The Labute approximate surface area is 145 Å². The van der Waals surface area contributed by atoms with Gasteiger partial charge in [-0.15, -0.1) is 0 Å². The molecule has 0 radical (unpaired) electrons. The summed E-state index contributed by atoms with van der Waals surface area (Å²) in [4.78, 5) is 23.6. The Morgan fingerprint density at radius 3 is 2.84 bits per heavy atom. The summed E-state index contributed by atoms with van der Waals surface area (Å²) in [5, 5.41) is 19.2. The number of carbonyl (C=O) groups excluding carboxylic acids is 2. The largest absolute Gasteiger partial charge is 0.378 e. The number of aromatic nitrogens is 2. The monoisotopic (exact) mass is 340 g/mol. The van der Waals surface area contributed by atoms with E-state index in [1.807, 2.05) is 18.2 Å². The van der Waals surface area contributed by atoms with Gasteiger partial charge in [0.2, 0.25) is 5.91 Å². The van der Waals surface area contributed by atoms with E-state index >= 15 is 0 Å². The molecule has 2 aromatic rings. The molecule has 130 valence electrons. The Bertz CT molecular complexity index is 837. The van der Waals surface area contributed by atoms with Crippen molar-refractivity contribution in [3.05, 3.63) is 30.1 Å². The van der Waals surface area contributed by atoms with Crippen molar-refractivity contribution in [3.63, 3.8) is 0 Å². The van der Waals surface area contributed by atoms with E-state index in [0.717, 1.165) is 31.2 Å². The van der Waals surface area contributed by atoms with Gasteiger partial charge in [0.1, 0.15) is 6.42 Å². The average Bonchev–Trinajstić information content (AvgIpc) is 3.06. The first kappa shape index (κ1) is 16.8. The number of nitrogens with zero attached hydrogens (tertiary/aromatic N) is 3. The highest BCUT2D eigenvalue weighted by Crippen LogP contribution is 2.27. The summed E-state index contributed by atoms with van der Waals surface area (Å²) in [5.74, 6) is -0.835. The minimum atomic E-state index is -0.556. The molecule has 2 amide bonds. The van der Waals surface area contributed by atoms with Crippen LogP contribution in [0.25, 0.3) is 5.52 Å². The van der Waals surface area contributed by atoms with Gasteiger partial charge in [0.25, 0.3) is 5.91 Å². The number of nitrogens with two attached hydrogens (primary N) is 1. The molecule has 2 unspecified atom stereocenters. The van der Waals surface area contributed by atoms with Gasteiger partial charge in [-0.25, -0.2) is 4.52 Å². The number of nitrogens with one attached hydrogen (secondary N) is 2. The Kier molecular flexibility index (Phi) is 4.84. The smallest absolute Gasteiger partial charge is 0.252 e. The molecule has 2 heterocycles. The van der Waals surface area contributed by atoms with Crippen molar-refractivity contribution in [2.45, 2.75) is 44.2 Å². The molecule has 1 aliphatic carbocycles. The van der Waals surface area contributed by atoms with Crippen LogP contribution in [0.5, 0.6) is 0 Å². The zero-order valence-corrected chi connectivity index (χ0v) is 13.7. The molecule has 2 aromatic heterocycles. The Morgan fingerprint density at radius 2 is 2.12 bits per heavy atom. The van der Waals surface area contributed by atoms with Crippen LogP contribution in [0.2, 0.25) is 0 Å². The van der Waals surface area contributed by atoms with Gasteiger partial charge < -0.3 is 16.4 Å². The highest BCUT2D eigenvalue weighted by molar-refractivity contribution is 6.01. The number of amides is 2. The van der Waals surface area contributed by atoms with Crippen molar-refractivity contribution < 1.29 is 9.59 Å². The Hall–Kier alpha value is -3.08. The number of nitriles is 1. The third-order valence-electron chi connectivity index (χ3n) is 4.51. The number of anilines is 1. The van der Waals surface area contributed by atoms with E-state index in [1.54, 1.807) is 10.7 Å². The number of rotatable bonds is 5. The molecule has 3 rings (SSSR count). The molecule has 4 N–H and O–H groups in total. The van der Waals surface area contributed by atoms with Crippen molar-refractivity contribution in [1.29, 1.82) is 5.26 Å². The average molecular weight is 340 g/mol. The van der Waals surface area contributed by atoms with Crippen LogP contribution in [0, 0.1) is 11.3 Å². The molecule has 0 spiro atoms. The fourth-order valence-electron chi connectivity index (χ4n) is 3.32. The molecule has 0 saturated heterocycles. The van der Waals surface area contributed by atoms with Gasteiger partial charge in [0.15, 0.2) is 0 Å². The van der Waals surface area contributed by atoms with Crippen molar-refractivity contribution in [3.8, 4) is 6.07 Å². The maximum Gasteiger partial charge on any atom is 0.252 e. The summed E-state index contributed by atoms with van der Waals surface area (Å²) in [7, 11) is 0. The molecule has 1 fully saturated rings. The van der Waals surface area contributed by atoms with Gasteiger partial charge in [-0.05, 0) is 25.0 Å². The van der Waals surface area contributed by atoms with Crippen molar-refractivity contribution in [2.75, 3.05) is 5.32 Å². The van der Waals surface area contributed by atoms with Gasteiger partial charge in [-0.3, -0.25) is 9.59 Å². The van der Waals surface area contributed by atoms with E-state index in [0.29, 0.717) is 11.3 Å². The first-order valence-electron chi connectivity index (χ1n) is 8.29. The first-order valence-corrected chi connectivity index (χ1v) is 8.29. The standard InChI is InChI=1S/C17H20N6O2/c18-8-7-15(24)21-12-4-1-2-5-13(12)22-16-11(17(19)25)10-20-23-9-3-6-14(16)23/h3,6,9-10,12-13,22H,1-2,4-5,7H2,(H2,19,25)(H,21,24). The Balaban J connectivity index is 1.89. The second-order valence-electron chi connectivity index (χ2n) is 6.18. The van der Waals surface area contributed by atoms with E-state index in [1.165, 1.54) is 6.20 Å². The minimum absolute atomic E-state index is 0.0457. The van der Waals surface area contributed by atoms with Gasteiger partial charge in [-0.1, -0.05) is 12.8 Å². The molecule has 1 saturated carbocycles. The van der Waals surface area contributed by atoms with Crippen molar-refractivity contribution >= 4 is 23.0 Å². The minimum Gasteiger partial charge on any atom is -0.378 e. The van der Waals surface area contributed by atoms with Crippen molar-refractivity contribution in [1.82, 2.24) is 14.9 Å². The SMILES string of the molecule is N#CCC(=O)NC1CCCCC1Nc1c(C(N)=O)cnn2cccc12. The van der Waals surface area contributed by atoms with E-state index in [4.69, 9.17) is 11.0 Å². The summed E-state index contributed by atoms with van der Waals surface area (Å²) in [6.45, 7) is 0. The second-order valence-corrected chi connectivity index (χ2v) is 6.18. The van der Waals surface area contributed by atoms with Crippen LogP contribution >= 0.6 is 0 Å². The number of hydrogen-bond donors (Lipinski definition) is 3. The molecular weight excluding hydrogens is 320 g/mol. The predicted octanol–water partition coefficient (Wildman–Crippen LogP) is 1.19. The molecular formula is C17H20N6O2. The van der Waals surface area contributed by atoms with E-state index in [9.17, 15) is 9.59 Å². The molecule has 8 heteroatoms.